The summed E-state index contributed by atoms with van der Waals surface area (Å²) in [6.45, 7) is 1.45. The summed E-state index contributed by atoms with van der Waals surface area (Å²) in [7, 11) is 3.40. The Morgan fingerprint density at radius 3 is 2.82 bits per heavy atom. The van der Waals surface area contributed by atoms with Gasteiger partial charge in [-0.25, -0.2) is 4.39 Å². The van der Waals surface area contributed by atoms with E-state index in [1.54, 1.807) is 26.3 Å². The fourth-order valence-electron chi connectivity index (χ4n) is 1.46. The molecule has 0 spiro atoms. The molecule has 0 aliphatic heterocycles. The van der Waals surface area contributed by atoms with Crippen LogP contribution in [0.4, 0.5) is 4.39 Å². The maximum Gasteiger partial charge on any atom is 0.142 e. The van der Waals surface area contributed by atoms with Crippen LogP contribution in [0.25, 0.3) is 0 Å². The van der Waals surface area contributed by atoms with Crippen LogP contribution in [0.1, 0.15) is 11.6 Å². The van der Waals surface area contributed by atoms with Crippen LogP contribution in [0.3, 0.4) is 0 Å². The minimum atomic E-state index is -0.248. The molecule has 0 fully saturated rings. The van der Waals surface area contributed by atoms with Crippen LogP contribution < -0.4 is 5.32 Å². The van der Waals surface area contributed by atoms with E-state index in [0.717, 1.165) is 0 Å². The zero-order valence-corrected chi connectivity index (χ0v) is 11.6. The molecule has 1 aromatic rings. The molecule has 0 aliphatic rings. The number of rotatable bonds is 7. The van der Waals surface area contributed by atoms with Crippen LogP contribution >= 0.6 is 15.9 Å². The van der Waals surface area contributed by atoms with Crippen molar-refractivity contribution in [1.29, 1.82) is 0 Å². The van der Waals surface area contributed by atoms with Crippen molar-refractivity contribution in [3.05, 3.63) is 34.1 Å². The molecule has 0 aromatic heterocycles. The van der Waals surface area contributed by atoms with Gasteiger partial charge in [-0.05, 0) is 29.0 Å². The van der Waals surface area contributed by atoms with Gasteiger partial charge in [-0.15, -0.1) is 0 Å². The molecule has 0 radical (unpaired) electrons. The highest BCUT2D eigenvalue weighted by Gasteiger charge is 2.15. The molecule has 0 saturated carbocycles. The van der Waals surface area contributed by atoms with Crippen LogP contribution in [-0.4, -0.2) is 34.0 Å². The zero-order chi connectivity index (χ0) is 12.7. The molecule has 1 atom stereocenters. The minimum absolute atomic E-state index is 0.163. The van der Waals surface area contributed by atoms with Crippen molar-refractivity contribution in [3.8, 4) is 0 Å². The number of methoxy groups -OCH3 is 1. The zero-order valence-electron chi connectivity index (χ0n) is 10.0. The van der Waals surface area contributed by atoms with Gasteiger partial charge >= 0.3 is 0 Å². The lowest BCUT2D eigenvalue weighted by Gasteiger charge is -2.18. The van der Waals surface area contributed by atoms with E-state index in [9.17, 15) is 4.39 Å². The van der Waals surface area contributed by atoms with Gasteiger partial charge in [-0.3, -0.25) is 0 Å². The molecular weight excluding hydrogens is 289 g/mol. The lowest BCUT2D eigenvalue weighted by atomic mass is 10.1. The van der Waals surface area contributed by atoms with Crippen molar-refractivity contribution in [2.24, 2.45) is 0 Å². The van der Waals surface area contributed by atoms with Crippen molar-refractivity contribution < 1.29 is 13.9 Å². The molecule has 0 amide bonds. The minimum Gasteiger partial charge on any atom is -0.382 e. The Bertz CT molecular complexity index is 349. The Hall–Kier alpha value is -0.490. The van der Waals surface area contributed by atoms with Crippen molar-refractivity contribution in [3.63, 3.8) is 0 Å². The van der Waals surface area contributed by atoms with Gasteiger partial charge in [0.15, 0.2) is 0 Å². The first kappa shape index (κ1) is 14.6. The topological polar surface area (TPSA) is 30.5 Å². The van der Waals surface area contributed by atoms with Crippen molar-refractivity contribution in [2.75, 3.05) is 34.0 Å². The normalized spacial score (nSPS) is 12.7. The van der Waals surface area contributed by atoms with E-state index in [1.807, 2.05) is 6.07 Å². The maximum absolute atomic E-state index is 13.8. The quantitative estimate of drug-likeness (QED) is 0.785. The Morgan fingerprint density at radius 2 is 2.18 bits per heavy atom. The van der Waals surface area contributed by atoms with E-state index < -0.39 is 0 Å². The van der Waals surface area contributed by atoms with Gasteiger partial charge in [-0.1, -0.05) is 12.1 Å². The molecule has 96 valence electrons. The molecule has 0 bridgehead atoms. The van der Waals surface area contributed by atoms with Crippen LogP contribution in [0.2, 0.25) is 0 Å². The van der Waals surface area contributed by atoms with E-state index in [4.69, 9.17) is 9.47 Å². The molecule has 17 heavy (non-hydrogen) atoms. The number of hydrogen-bond acceptors (Lipinski definition) is 3. The highest BCUT2D eigenvalue weighted by molar-refractivity contribution is 9.10. The molecule has 0 saturated heterocycles. The fraction of sp³-hybridized carbons (Fsp3) is 0.500. The van der Waals surface area contributed by atoms with Crippen molar-refractivity contribution in [2.45, 2.75) is 6.04 Å². The summed E-state index contributed by atoms with van der Waals surface area (Å²) in [6, 6.07) is 5.07. The summed E-state index contributed by atoms with van der Waals surface area (Å²) in [5.74, 6) is -0.248. The second-order valence-electron chi connectivity index (χ2n) is 3.55. The Morgan fingerprint density at radius 1 is 1.41 bits per heavy atom. The van der Waals surface area contributed by atoms with Crippen LogP contribution in [-0.2, 0) is 9.47 Å². The monoisotopic (exact) mass is 305 g/mol. The highest BCUT2D eigenvalue weighted by atomic mass is 79.9. The number of halogens is 2. The highest BCUT2D eigenvalue weighted by Crippen LogP contribution is 2.23. The Balaban J connectivity index is 2.63. The van der Waals surface area contributed by atoms with Crippen molar-refractivity contribution >= 4 is 15.9 Å². The summed E-state index contributed by atoms with van der Waals surface area (Å²) < 4.78 is 24.6. The summed E-state index contributed by atoms with van der Waals surface area (Å²) in [5, 5.41) is 3.04. The average molecular weight is 306 g/mol. The molecular formula is C12H17BrFNO2. The molecule has 1 rings (SSSR count). The Labute approximate surface area is 109 Å². The van der Waals surface area contributed by atoms with Crippen LogP contribution in [0.15, 0.2) is 22.7 Å². The second kappa shape index (κ2) is 7.76. The lowest BCUT2D eigenvalue weighted by Crippen LogP contribution is -2.23. The van der Waals surface area contributed by atoms with Gasteiger partial charge in [0.2, 0.25) is 0 Å². The lowest BCUT2D eigenvalue weighted by molar-refractivity contribution is 0.0591. The number of likely N-dealkylation sites (N-methyl/N-ethyl adjacent to an activating group) is 1. The molecule has 0 heterocycles. The van der Waals surface area contributed by atoms with Gasteiger partial charge < -0.3 is 14.8 Å². The molecule has 1 aromatic carbocycles. The first-order valence-corrected chi connectivity index (χ1v) is 6.17. The largest absolute Gasteiger partial charge is 0.382 e. The predicted octanol–water partition coefficient (Wildman–Crippen LogP) is 2.51. The third-order valence-corrected chi connectivity index (χ3v) is 3.03. The van der Waals surface area contributed by atoms with E-state index in [1.165, 1.54) is 0 Å². The Kier molecular flexibility index (Phi) is 6.65. The standard InChI is InChI=1S/C12H17BrFNO2/c1-15-11(8-17-7-6-16-2)9-4-3-5-10(13)12(9)14/h3-5,11,15H,6-8H2,1-2H3. The van der Waals surface area contributed by atoms with Crippen LogP contribution in [0.5, 0.6) is 0 Å². The van der Waals surface area contributed by atoms with E-state index in [2.05, 4.69) is 21.2 Å². The molecule has 5 heteroatoms. The third kappa shape index (κ3) is 4.35. The molecule has 1 unspecified atom stereocenters. The number of benzene rings is 1. The fourth-order valence-corrected chi connectivity index (χ4v) is 1.84. The summed E-state index contributed by atoms with van der Waals surface area (Å²) in [4.78, 5) is 0. The van der Waals surface area contributed by atoms with E-state index in [0.29, 0.717) is 29.9 Å². The number of nitrogens with one attached hydrogen (secondary N) is 1. The number of ether oxygens (including phenoxy) is 2. The maximum atomic E-state index is 13.8. The number of hydrogen-bond donors (Lipinski definition) is 1. The smallest absolute Gasteiger partial charge is 0.142 e. The molecule has 0 aliphatic carbocycles. The average Bonchev–Trinajstić information content (AvgIpc) is 2.34. The summed E-state index contributed by atoms with van der Waals surface area (Å²) in [5.41, 5.74) is 0.597. The molecule has 3 nitrogen and oxygen atoms in total. The second-order valence-corrected chi connectivity index (χ2v) is 4.41. The predicted molar refractivity (Wildman–Crippen MR) is 68.6 cm³/mol. The van der Waals surface area contributed by atoms with Gasteiger partial charge in [0.1, 0.15) is 5.82 Å². The van der Waals surface area contributed by atoms with Crippen LogP contribution in [0, 0.1) is 5.82 Å². The van der Waals surface area contributed by atoms with Gasteiger partial charge in [0.25, 0.3) is 0 Å². The molecule has 1 N–H and O–H groups in total. The summed E-state index contributed by atoms with van der Waals surface area (Å²) >= 11 is 3.17. The first-order chi connectivity index (χ1) is 8.20. The van der Waals surface area contributed by atoms with E-state index >= 15 is 0 Å². The third-order valence-electron chi connectivity index (χ3n) is 2.42. The van der Waals surface area contributed by atoms with Gasteiger partial charge in [0, 0.05) is 12.7 Å². The van der Waals surface area contributed by atoms with E-state index in [-0.39, 0.29) is 11.9 Å². The van der Waals surface area contributed by atoms with Crippen molar-refractivity contribution in [1.82, 2.24) is 5.32 Å². The van der Waals surface area contributed by atoms with Gasteiger partial charge in [0.05, 0.1) is 30.3 Å². The SMILES string of the molecule is CNC(COCCOC)c1cccc(Br)c1F. The summed E-state index contributed by atoms with van der Waals surface area (Å²) in [6.07, 6.45) is 0. The van der Waals surface area contributed by atoms with Gasteiger partial charge in [-0.2, -0.15) is 0 Å². The first-order valence-electron chi connectivity index (χ1n) is 5.38.